The predicted molar refractivity (Wildman–Crippen MR) is 109 cm³/mol. The molecule has 0 saturated heterocycles. The highest BCUT2D eigenvalue weighted by molar-refractivity contribution is 7.09. The van der Waals surface area contributed by atoms with Crippen LogP contribution in [0.2, 0.25) is 0 Å². The maximum absolute atomic E-state index is 5.90. The SMILES string of the molecule is COc1cc(CNCC(C)Cn2ccnc2C)ccc1OCc1cccs1. The summed E-state index contributed by atoms with van der Waals surface area (Å²) in [6.45, 7) is 7.56. The van der Waals surface area contributed by atoms with Gasteiger partial charge in [-0.3, -0.25) is 0 Å². The highest BCUT2D eigenvalue weighted by Crippen LogP contribution is 2.29. The summed E-state index contributed by atoms with van der Waals surface area (Å²) in [6.07, 6.45) is 3.88. The molecule has 0 bridgehead atoms. The molecule has 6 heteroatoms. The van der Waals surface area contributed by atoms with E-state index >= 15 is 0 Å². The molecular formula is C21H27N3O2S. The van der Waals surface area contributed by atoms with Crippen LogP contribution in [0.5, 0.6) is 11.5 Å². The van der Waals surface area contributed by atoms with Crippen molar-refractivity contribution in [2.75, 3.05) is 13.7 Å². The van der Waals surface area contributed by atoms with Crippen molar-refractivity contribution in [3.05, 3.63) is 64.4 Å². The predicted octanol–water partition coefficient (Wildman–Crippen LogP) is 4.27. The van der Waals surface area contributed by atoms with E-state index in [0.29, 0.717) is 12.5 Å². The molecule has 1 aromatic carbocycles. The van der Waals surface area contributed by atoms with Gasteiger partial charge in [0.25, 0.3) is 0 Å². The van der Waals surface area contributed by atoms with Crippen molar-refractivity contribution in [3.63, 3.8) is 0 Å². The summed E-state index contributed by atoms with van der Waals surface area (Å²) in [7, 11) is 1.68. The zero-order valence-electron chi connectivity index (χ0n) is 16.1. The first-order valence-corrected chi connectivity index (χ1v) is 10.0. The van der Waals surface area contributed by atoms with Crippen LogP contribution in [-0.2, 0) is 19.7 Å². The Morgan fingerprint density at radius 3 is 2.85 bits per heavy atom. The van der Waals surface area contributed by atoms with E-state index in [2.05, 4.69) is 39.3 Å². The molecule has 0 amide bonds. The van der Waals surface area contributed by atoms with E-state index in [9.17, 15) is 0 Å². The average Bonchev–Trinajstić information content (AvgIpc) is 3.32. The number of nitrogens with one attached hydrogen (secondary N) is 1. The van der Waals surface area contributed by atoms with Crippen molar-refractivity contribution in [2.45, 2.75) is 33.5 Å². The van der Waals surface area contributed by atoms with E-state index in [-0.39, 0.29) is 0 Å². The maximum Gasteiger partial charge on any atom is 0.161 e. The summed E-state index contributed by atoms with van der Waals surface area (Å²) in [5.74, 6) is 3.13. The van der Waals surface area contributed by atoms with Crippen LogP contribution in [0.15, 0.2) is 48.1 Å². The number of imidazole rings is 1. The monoisotopic (exact) mass is 385 g/mol. The summed E-state index contributed by atoms with van der Waals surface area (Å²) in [5.41, 5.74) is 1.18. The van der Waals surface area contributed by atoms with Gasteiger partial charge in [-0.05, 0) is 48.5 Å². The zero-order valence-corrected chi connectivity index (χ0v) is 17.0. The molecule has 0 radical (unpaired) electrons. The number of aromatic nitrogens is 2. The molecule has 1 atom stereocenters. The molecule has 2 heterocycles. The van der Waals surface area contributed by atoms with Gasteiger partial charge in [-0.25, -0.2) is 4.98 Å². The van der Waals surface area contributed by atoms with Crippen LogP contribution >= 0.6 is 11.3 Å². The number of hydrogen-bond acceptors (Lipinski definition) is 5. The van der Waals surface area contributed by atoms with Gasteiger partial charge in [-0.1, -0.05) is 19.1 Å². The van der Waals surface area contributed by atoms with Gasteiger partial charge < -0.3 is 19.4 Å². The molecular weight excluding hydrogens is 358 g/mol. The topological polar surface area (TPSA) is 48.3 Å². The van der Waals surface area contributed by atoms with E-state index in [4.69, 9.17) is 9.47 Å². The standard InChI is InChI=1S/C21H27N3O2S/c1-16(14-24-9-8-23-17(24)2)12-22-13-18-6-7-20(21(11-18)25-3)26-15-19-5-4-10-27-19/h4-11,16,22H,12-15H2,1-3H3. The highest BCUT2D eigenvalue weighted by Gasteiger charge is 2.08. The number of aryl methyl sites for hydroxylation is 1. The lowest BCUT2D eigenvalue weighted by Gasteiger charge is -2.15. The molecule has 1 N–H and O–H groups in total. The molecule has 3 rings (SSSR count). The number of benzene rings is 1. The van der Waals surface area contributed by atoms with Crippen LogP contribution < -0.4 is 14.8 Å². The quantitative estimate of drug-likeness (QED) is 0.566. The third-order valence-electron chi connectivity index (χ3n) is 4.43. The molecule has 2 aromatic heterocycles. The minimum absolute atomic E-state index is 0.521. The van der Waals surface area contributed by atoms with E-state index in [1.807, 2.05) is 37.5 Å². The van der Waals surface area contributed by atoms with E-state index in [1.54, 1.807) is 18.4 Å². The molecule has 0 aliphatic carbocycles. The largest absolute Gasteiger partial charge is 0.493 e. The first-order valence-electron chi connectivity index (χ1n) is 9.16. The summed E-state index contributed by atoms with van der Waals surface area (Å²) in [5, 5.41) is 5.59. The zero-order chi connectivity index (χ0) is 19.1. The smallest absolute Gasteiger partial charge is 0.161 e. The van der Waals surface area contributed by atoms with Crippen molar-refractivity contribution in [3.8, 4) is 11.5 Å². The van der Waals surface area contributed by atoms with Crippen molar-refractivity contribution in [1.82, 2.24) is 14.9 Å². The van der Waals surface area contributed by atoms with Gasteiger partial charge in [0.1, 0.15) is 12.4 Å². The summed E-state index contributed by atoms with van der Waals surface area (Å²) >= 11 is 1.69. The van der Waals surface area contributed by atoms with Crippen molar-refractivity contribution < 1.29 is 9.47 Å². The van der Waals surface area contributed by atoms with Gasteiger partial charge in [0.05, 0.1) is 7.11 Å². The Kier molecular flexibility index (Phi) is 6.90. The van der Waals surface area contributed by atoms with Gasteiger partial charge in [0, 0.05) is 30.4 Å². The molecule has 0 aliphatic heterocycles. The fourth-order valence-corrected chi connectivity index (χ4v) is 3.56. The molecule has 0 fully saturated rings. The van der Waals surface area contributed by atoms with Crippen molar-refractivity contribution in [2.24, 2.45) is 5.92 Å². The lowest BCUT2D eigenvalue weighted by atomic mass is 10.1. The summed E-state index contributed by atoms with van der Waals surface area (Å²) in [6, 6.07) is 10.2. The first-order chi connectivity index (χ1) is 13.2. The number of nitrogens with zero attached hydrogens (tertiary/aromatic N) is 2. The molecule has 5 nitrogen and oxygen atoms in total. The number of rotatable bonds is 10. The molecule has 0 spiro atoms. The summed E-state index contributed by atoms with van der Waals surface area (Å²) < 4.78 is 13.6. The molecule has 0 saturated carbocycles. The normalized spacial score (nSPS) is 12.1. The number of ether oxygens (including phenoxy) is 2. The lowest BCUT2D eigenvalue weighted by Crippen LogP contribution is -2.24. The van der Waals surface area contributed by atoms with Gasteiger partial charge in [0.15, 0.2) is 11.5 Å². The van der Waals surface area contributed by atoms with E-state index in [1.165, 1.54) is 10.4 Å². The highest BCUT2D eigenvalue weighted by atomic mass is 32.1. The number of hydrogen-bond donors (Lipinski definition) is 1. The van der Waals surface area contributed by atoms with Crippen molar-refractivity contribution >= 4 is 11.3 Å². The Bertz CT molecular complexity index is 830. The first kappa shape index (κ1) is 19.5. The van der Waals surface area contributed by atoms with Gasteiger partial charge in [-0.2, -0.15) is 0 Å². The van der Waals surface area contributed by atoms with Crippen LogP contribution in [0.3, 0.4) is 0 Å². The average molecular weight is 386 g/mol. The Morgan fingerprint density at radius 1 is 1.26 bits per heavy atom. The molecule has 144 valence electrons. The van der Waals surface area contributed by atoms with Crippen LogP contribution in [0, 0.1) is 12.8 Å². The molecule has 1 unspecified atom stereocenters. The van der Waals surface area contributed by atoms with Crippen LogP contribution in [0.1, 0.15) is 23.2 Å². The third-order valence-corrected chi connectivity index (χ3v) is 5.28. The minimum Gasteiger partial charge on any atom is -0.493 e. The second kappa shape index (κ2) is 9.58. The minimum atomic E-state index is 0.521. The van der Waals surface area contributed by atoms with Gasteiger partial charge >= 0.3 is 0 Å². The Hall–Kier alpha value is -2.31. The van der Waals surface area contributed by atoms with Crippen molar-refractivity contribution in [1.29, 1.82) is 0 Å². The fraction of sp³-hybridized carbons (Fsp3) is 0.381. The molecule has 3 aromatic rings. The Labute approximate surface area is 165 Å². The van der Waals surface area contributed by atoms with Gasteiger partial charge in [-0.15, -0.1) is 11.3 Å². The van der Waals surface area contributed by atoms with Crippen LogP contribution in [-0.4, -0.2) is 23.2 Å². The van der Waals surface area contributed by atoms with Gasteiger partial charge in [0.2, 0.25) is 0 Å². The Balaban J connectivity index is 1.49. The number of thiophene rings is 1. The van der Waals surface area contributed by atoms with E-state index < -0.39 is 0 Å². The maximum atomic E-state index is 5.90. The molecule has 0 aliphatic rings. The Morgan fingerprint density at radius 2 is 2.15 bits per heavy atom. The van der Waals surface area contributed by atoms with E-state index in [0.717, 1.165) is 37.0 Å². The second-order valence-corrected chi connectivity index (χ2v) is 7.75. The molecule has 27 heavy (non-hydrogen) atoms. The third kappa shape index (κ3) is 5.58. The lowest BCUT2D eigenvalue weighted by molar-refractivity contribution is 0.287. The van der Waals surface area contributed by atoms with Crippen LogP contribution in [0.25, 0.3) is 0 Å². The van der Waals surface area contributed by atoms with Crippen LogP contribution in [0.4, 0.5) is 0 Å². The second-order valence-electron chi connectivity index (χ2n) is 6.72. The fourth-order valence-electron chi connectivity index (χ4n) is 2.94. The summed E-state index contributed by atoms with van der Waals surface area (Å²) in [4.78, 5) is 5.47. The number of methoxy groups -OCH3 is 1.